The Morgan fingerprint density at radius 1 is 1.30 bits per heavy atom. The van der Waals surface area contributed by atoms with Crippen LogP contribution >= 0.6 is 24.0 Å². The van der Waals surface area contributed by atoms with Crippen LogP contribution < -0.4 is 5.32 Å². The second kappa shape index (κ2) is 8.86. The highest BCUT2D eigenvalue weighted by atomic mass is 127. The highest BCUT2D eigenvalue weighted by Crippen LogP contribution is 2.60. The molecule has 3 fully saturated rings. The molecule has 2 aliphatic carbocycles. The zero-order valence-electron chi connectivity index (χ0n) is 17.8. The van der Waals surface area contributed by atoms with Crippen LogP contribution in [0.1, 0.15) is 37.9 Å². The normalized spacial score (nSPS) is 26.7. The summed E-state index contributed by atoms with van der Waals surface area (Å²) in [5.74, 6) is 2.52. The van der Waals surface area contributed by atoms with Crippen molar-refractivity contribution >= 4 is 29.9 Å². The van der Waals surface area contributed by atoms with Gasteiger partial charge in [0.15, 0.2) is 5.96 Å². The van der Waals surface area contributed by atoms with Gasteiger partial charge < -0.3 is 19.9 Å². The van der Waals surface area contributed by atoms with Crippen molar-refractivity contribution in [2.24, 2.45) is 16.3 Å². The Morgan fingerprint density at radius 2 is 2.07 bits per heavy atom. The predicted octanol–water partition coefficient (Wildman–Crippen LogP) is 4.05. The van der Waals surface area contributed by atoms with Crippen molar-refractivity contribution in [2.45, 2.75) is 50.8 Å². The fourth-order valence-electron chi connectivity index (χ4n) is 5.90. The number of hydrogen-bond donors (Lipinski definition) is 2. The predicted molar refractivity (Wildman–Crippen MR) is 130 cm³/mol. The summed E-state index contributed by atoms with van der Waals surface area (Å²) < 4.78 is 6.13. The van der Waals surface area contributed by atoms with Gasteiger partial charge in [-0.3, -0.25) is 4.99 Å². The van der Waals surface area contributed by atoms with Gasteiger partial charge >= 0.3 is 0 Å². The molecule has 0 radical (unpaired) electrons. The number of fused-ring (bicyclic) bond motifs is 2. The molecule has 1 aliphatic heterocycles. The largest absolute Gasteiger partial charge is 0.377 e. The van der Waals surface area contributed by atoms with Gasteiger partial charge in [0, 0.05) is 38.1 Å². The average molecular weight is 521 g/mol. The molecule has 3 atom stereocenters. The van der Waals surface area contributed by atoms with E-state index >= 15 is 0 Å². The second-order valence-electron chi connectivity index (χ2n) is 8.82. The molecule has 1 saturated heterocycles. The number of benzene rings is 1. The number of hydrogen-bond acceptors (Lipinski definition) is 3. The number of aromatic nitrogens is 2. The maximum Gasteiger partial charge on any atom is 0.194 e. The summed E-state index contributed by atoms with van der Waals surface area (Å²) in [5, 5.41) is 3.82. The fraction of sp³-hybridized carbons (Fsp3) is 0.565. The summed E-state index contributed by atoms with van der Waals surface area (Å²) in [6, 6.07) is 10.8. The number of H-pyrrole nitrogens is 1. The van der Waals surface area contributed by atoms with E-state index in [1.807, 2.05) is 31.4 Å². The Labute approximate surface area is 195 Å². The summed E-state index contributed by atoms with van der Waals surface area (Å²) in [6.45, 7) is 1.61. The highest BCUT2D eigenvalue weighted by molar-refractivity contribution is 14.0. The molecular formula is C23H32IN5O. The molecule has 2 N–H and O–H groups in total. The van der Waals surface area contributed by atoms with E-state index in [1.165, 1.54) is 32.1 Å². The zero-order chi connectivity index (χ0) is 19.8. The lowest BCUT2D eigenvalue weighted by Crippen LogP contribution is -2.69. The average Bonchev–Trinajstić information content (AvgIpc) is 3.49. The summed E-state index contributed by atoms with van der Waals surface area (Å²) in [6.07, 6.45) is 8.76. The first kappa shape index (κ1) is 21.6. The molecule has 7 heteroatoms. The minimum absolute atomic E-state index is 0. The van der Waals surface area contributed by atoms with Gasteiger partial charge in [-0.1, -0.05) is 43.2 Å². The van der Waals surface area contributed by atoms with Crippen molar-refractivity contribution in [3.63, 3.8) is 0 Å². The third kappa shape index (κ3) is 3.64. The van der Waals surface area contributed by atoms with Crippen molar-refractivity contribution in [3.8, 4) is 11.3 Å². The number of guanidine groups is 1. The number of aliphatic imine (C=N–C) groups is 1. The van der Waals surface area contributed by atoms with Crippen LogP contribution in [0.3, 0.4) is 0 Å². The Kier molecular flexibility index (Phi) is 6.39. The number of ether oxygens (including phenoxy) is 1. The van der Waals surface area contributed by atoms with E-state index in [0.717, 1.165) is 29.6 Å². The quantitative estimate of drug-likeness (QED) is 0.362. The van der Waals surface area contributed by atoms with Crippen molar-refractivity contribution in [1.82, 2.24) is 20.2 Å². The molecule has 1 aromatic carbocycles. The summed E-state index contributed by atoms with van der Waals surface area (Å²) in [4.78, 5) is 14.8. The Morgan fingerprint density at radius 3 is 2.80 bits per heavy atom. The molecule has 0 bridgehead atoms. The van der Waals surface area contributed by atoms with E-state index in [-0.39, 0.29) is 24.0 Å². The smallest absolute Gasteiger partial charge is 0.194 e. The number of aromatic amines is 1. The SMILES string of the molecule is CN=C(NC1C2CCOC2C12CCCC2)N(C)Cc1ncc(-c2ccccc2)[nH]1.I. The van der Waals surface area contributed by atoms with Gasteiger partial charge in [-0.2, -0.15) is 0 Å². The van der Waals surface area contributed by atoms with Crippen LogP contribution in [0.5, 0.6) is 0 Å². The molecule has 30 heavy (non-hydrogen) atoms. The van der Waals surface area contributed by atoms with Crippen LogP contribution in [0.2, 0.25) is 0 Å². The molecule has 2 aromatic rings. The van der Waals surface area contributed by atoms with E-state index in [1.54, 1.807) is 0 Å². The standard InChI is InChI=1S/C23H31N5O.HI/c1-24-22(27-20-17-10-13-29-21(17)23(20)11-6-7-12-23)28(2)15-19-25-14-18(26-19)16-8-4-3-5-9-16;/h3-5,8-9,14,17,20-21H,6-7,10-13,15H2,1-2H3,(H,24,27)(H,25,26);1H. The van der Waals surface area contributed by atoms with Gasteiger partial charge in [0.1, 0.15) is 5.82 Å². The summed E-state index contributed by atoms with van der Waals surface area (Å²) in [7, 11) is 3.96. The van der Waals surface area contributed by atoms with Crippen molar-refractivity contribution in [2.75, 3.05) is 20.7 Å². The van der Waals surface area contributed by atoms with Gasteiger partial charge in [0.05, 0.1) is 24.5 Å². The molecule has 6 nitrogen and oxygen atoms in total. The molecule has 5 rings (SSSR count). The topological polar surface area (TPSA) is 65.5 Å². The third-order valence-electron chi connectivity index (χ3n) is 7.24. The van der Waals surface area contributed by atoms with Crippen LogP contribution in [-0.2, 0) is 11.3 Å². The summed E-state index contributed by atoms with van der Waals surface area (Å²) >= 11 is 0. The third-order valence-corrected chi connectivity index (χ3v) is 7.24. The van der Waals surface area contributed by atoms with E-state index in [4.69, 9.17) is 4.74 Å². The molecule has 3 aliphatic rings. The number of halogens is 1. The van der Waals surface area contributed by atoms with E-state index in [0.29, 0.717) is 30.0 Å². The Bertz CT molecular complexity index is 877. The van der Waals surface area contributed by atoms with Gasteiger partial charge in [0.2, 0.25) is 0 Å². The van der Waals surface area contributed by atoms with Crippen molar-refractivity contribution in [3.05, 3.63) is 42.4 Å². The lowest BCUT2D eigenvalue weighted by molar-refractivity contribution is -0.125. The number of rotatable bonds is 4. The zero-order valence-corrected chi connectivity index (χ0v) is 20.1. The molecule has 3 unspecified atom stereocenters. The minimum atomic E-state index is 0. The van der Waals surface area contributed by atoms with Crippen LogP contribution in [0.15, 0.2) is 41.5 Å². The molecule has 1 spiro atoms. The van der Waals surface area contributed by atoms with Gasteiger partial charge in [-0.25, -0.2) is 4.98 Å². The highest BCUT2D eigenvalue weighted by Gasteiger charge is 2.65. The molecule has 2 saturated carbocycles. The van der Waals surface area contributed by atoms with Gasteiger partial charge in [-0.05, 0) is 24.8 Å². The van der Waals surface area contributed by atoms with Crippen LogP contribution in [0.4, 0.5) is 0 Å². The molecule has 0 amide bonds. The monoisotopic (exact) mass is 521 g/mol. The molecule has 162 valence electrons. The number of nitrogens with one attached hydrogen (secondary N) is 2. The van der Waals surface area contributed by atoms with Crippen LogP contribution in [0.25, 0.3) is 11.3 Å². The minimum Gasteiger partial charge on any atom is -0.377 e. The number of imidazole rings is 1. The van der Waals surface area contributed by atoms with Gasteiger partial charge in [0.25, 0.3) is 0 Å². The first-order chi connectivity index (χ1) is 14.2. The van der Waals surface area contributed by atoms with E-state index in [2.05, 4.69) is 44.4 Å². The maximum absolute atomic E-state index is 6.13. The first-order valence-corrected chi connectivity index (χ1v) is 10.9. The molecular weight excluding hydrogens is 489 g/mol. The Balaban J connectivity index is 0.00000218. The van der Waals surface area contributed by atoms with Crippen LogP contribution in [0, 0.1) is 11.3 Å². The molecule has 1 aromatic heterocycles. The lowest BCUT2D eigenvalue weighted by Gasteiger charge is -2.57. The lowest BCUT2D eigenvalue weighted by atomic mass is 9.54. The first-order valence-electron chi connectivity index (χ1n) is 10.9. The summed E-state index contributed by atoms with van der Waals surface area (Å²) in [5.41, 5.74) is 2.52. The fourth-order valence-corrected chi connectivity index (χ4v) is 5.90. The van der Waals surface area contributed by atoms with Crippen molar-refractivity contribution in [1.29, 1.82) is 0 Å². The maximum atomic E-state index is 6.13. The van der Waals surface area contributed by atoms with Crippen molar-refractivity contribution < 1.29 is 4.74 Å². The van der Waals surface area contributed by atoms with E-state index < -0.39 is 0 Å². The van der Waals surface area contributed by atoms with Gasteiger partial charge in [-0.15, -0.1) is 24.0 Å². The van der Waals surface area contributed by atoms with E-state index in [9.17, 15) is 0 Å². The Hall–Kier alpha value is -1.61. The number of nitrogens with zero attached hydrogens (tertiary/aromatic N) is 3. The van der Waals surface area contributed by atoms with Crippen LogP contribution in [-0.4, -0.2) is 53.7 Å². The second-order valence-corrected chi connectivity index (χ2v) is 8.82. The molecule has 2 heterocycles.